The molecule has 1 fully saturated rings. The monoisotopic (exact) mass is 443 g/mol. The van der Waals surface area contributed by atoms with Gasteiger partial charge < -0.3 is 14.6 Å². The number of hydrogen-bond donors (Lipinski definition) is 1. The van der Waals surface area contributed by atoms with E-state index in [1.54, 1.807) is 12.1 Å². The Morgan fingerprint density at radius 1 is 1.14 bits per heavy atom. The van der Waals surface area contributed by atoms with Crippen LogP contribution >= 0.6 is 11.6 Å². The van der Waals surface area contributed by atoms with Gasteiger partial charge in [-0.2, -0.15) is 4.31 Å². The van der Waals surface area contributed by atoms with Crippen LogP contribution < -0.4 is 5.32 Å². The van der Waals surface area contributed by atoms with E-state index in [-0.39, 0.29) is 60.7 Å². The lowest BCUT2D eigenvalue weighted by atomic mass is 10.2. The minimum Gasteiger partial charge on any atom is -0.459 e. The second kappa shape index (κ2) is 8.93. The van der Waals surface area contributed by atoms with Crippen molar-refractivity contribution in [3.63, 3.8) is 0 Å². The summed E-state index contributed by atoms with van der Waals surface area (Å²) in [4.78, 5) is 25.8. The molecule has 3 rings (SSSR count). The van der Waals surface area contributed by atoms with E-state index < -0.39 is 21.7 Å². The van der Waals surface area contributed by atoms with Gasteiger partial charge in [0.15, 0.2) is 5.76 Å². The van der Waals surface area contributed by atoms with Gasteiger partial charge in [0, 0.05) is 32.7 Å². The SMILES string of the molecule is O=C(NCCS(=O)(=O)N1CCN(C(=O)c2ccco2)CC1)c1c(F)cccc1Cl. The summed E-state index contributed by atoms with van der Waals surface area (Å²) in [6.45, 7) is 0.549. The standard InChI is InChI=1S/C18H19ClFN3O5S/c19-13-3-1-4-14(20)16(13)17(24)21-6-12-29(26,27)23-9-7-22(8-10-23)18(25)15-5-2-11-28-15/h1-5,11H,6-10,12H2,(H,21,24). The molecule has 1 aromatic heterocycles. The first-order valence-electron chi connectivity index (χ1n) is 8.82. The molecule has 8 nitrogen and oxygen atoms in total. The molecule has 2 amide bonds. The second-order valence-corrected chi connectivity index (χ2v) is 8.83. The molecule has 1 N–H and O–H groups in total. The molecule has 29 heavy (non-hydrogen) atoms. The van der Waals surface area contributed by atoms with E-state index in [9.17, 15) is 22.4 Å². The van der Waals surface area contributed by atoms with Crippen LogP contribution in [0, 0.1) is 5.82 Å². The van der Waals surface area contributed by atoms with E-state index in [0.29, 0.717) is 0 Å². The van der Waals surface area contributed by atoms with Crippen LogP contribution in [0.15, 0.2) is 41.0 Å². The van der Waals surface area contributed by atoms with Crippen LogP contribution in [0.3, 0.4) is 0 Å². The van der Waals surface area contributed by atoms with Crippen LogP contribution in [0.4, 0.5) is 4.39 Å². The smallest absolute Gasteiger partial charge is 0.289 e. The molecule has 2 heterocycles. The molecule has 11 heteroatoms. The second-order valence-electron chi connectivity index (χ2n) is 6.34. The zero-order valence-electron chi connectivity index (χ0n) is 15.3. The summed E-state index contributed by atoms with van der Waals surface area (Å²) in [5.74, 6) is -2.00. The molecule has 0 bridgehead atoms. The Morgan fingerprint density at radius 3 is 2.48 bits per heavy atom. The summed E-state index contributed by atoms with van der Waals surface area (Å²) in [5.41, 5.74) is -0.323. The lowest BCUT2D eigenvalue weighted by molar-refractivity contribution is 0.0665. The molecule has 0 radical (unpaired) electrons. The van der Waals surface area contributed by atoms with Gasteiger partial charge in [0.25, 0.3) is 11.8 Å². The van der Waals surface area contributed by atoms with Crippen molar-refractivity contribution in [1.82, 2.24) is 14.5 Å². The third-order valence-corrected chi connectivity index (χ3v) is 6.67. The van der Waals surface area contributed by atoms with E-state index in [1.807, 2.05) is 0 Å². The number of furan rings is 1. The maximum atomic E-state index is 13.7. The summed E-state index contributed by atoms with van der Waals surface area (Å²) < 4.78 is 45.1. The molecule has 0 atom stereocenters. The Hall–Kier alpha value is -2.43. The van der Waals surface area contributed by atoms with E-state index in [0.717, 1.165) is 6.07 Å². The maximum absolute atomic E-state index is 13.7. The van der Waals surface area contributed by atoms with E-state index in [2.05, 4.69) is 5.32 Å². The van der Waals surface area contributed by atoms with Crippen LogP contribution in [-0.2, 0) is 10.0 Å². The highest BCUT2D eigenvalue weighted by molar-refractivity contribution is 7.89. The lowest BCUT2D eigenvalue weighted by Crippen LogP contribution is -2.51. The van der Waals surface area contributed by atoms with Crippen LogP contribution in [0.25, 0.3) is 0 Å². The average molecular weight is 444 g/mol. The Bertz CT molecular complexity index is 969. The predicted octanol–water partition coefficient (Wildman–Crippen LogP) is 1.59. The van der Waals surface area contributed by atoms with Gasteiger partial charge in [0.2, 0.25) is 10.0 Å². The fourth-order valence-corrected chi connectivity index (χ4v) is 4.54. The molecule has 156 valence electrons. The number of halogens is 2. The normalized spacial score (nSPS) is 15.3. The van der Waals surface area contributed by atoms with Gasteiger partial charge in [0.05, 0.1) is 22.6 Å². The molecule has 0 unspecified atom stereocenters. The number of benzene rings is 1. The van der Waals surface area contributed by atoms with Gasteiger partial charge in [0.1, 0.15) is 5.82 Å². The Balaban J connectivity index is 1.50. The number of carbonyl (C=O) groups is 2. The van der Waals surface area contributed by atoms with Gasteiger partial charge in [-0.05, 0) is 24.3 Å². The average Bonchev–Trinajstić information content (AvgIpc) is 3.22. The van der Waals surface area contributed by atoms with Crippen LogP contribution in [0.2, 0.25) is 5.02 Å². The molecule has 1 aliphatic heterocycles. The van der Waals surface area contributed by atoms with Crippen molar-refractivity contribution in [2.75, 3.05) is 38.5 Å². The summed E-state index contributed by atoms with van der Waals surface area (Å²) in [6.07, 6.45) is 1.40. The van der Waals surface area contributed by atoms with Crippen molar-refractivity contribution in [2.45, 2.75) is 0 Å². The topological polar surface area (TPSA) is 99.9 Å². The van der Waals surface area contributed by atoms with Gasteiger partial charge in [-0.25, -0.2) is 12.8 Å². The van der Waals surface area contributed by atoms with Crippen molar-refractivity contribution >= 4 is 33.4 Å². The number of piperazine rings is 1. The molecule has 1 aromatic carbocycles. The molecule has 1 saturated heterocycles. The van der Waals surface area contributed by atoms with E-state index in [1.165, 1.54) is 27.6 Å². The molecular weight excluding hydrogens is 425 g/mol. The summed E-state index contributed by atoms with van der Waals surface area (Å²) >= 11 is 5.82. The minimum absolute atomic E-state index is 0.0531. The third kappa shape index (κ3) is 4.95. The Morgan fingerprint density at radius 2 is 1.86 bits per heavy atom. The van der Waals surface area contributed by atoms with E-state index >= 15 is 0 Å². The molecule has 0 saturated carbocycles. The number of carbonyl (C=O) groups excluding carboxylic acids is 2. The van der Waals surface area contributed by atoms with Crippen LogP contribution in [0.1, 0.15) is 20.9 Å². The number of hydrogen-bond acceptors (Lipinski definition) is 5. The number of nitrogens with zero attached hydrogens (tertiary/aromatic N) is 2. The minimum atomic E-state index is -3.65. The summed E-state index contributed by atoms with van der Waals surface area (Å²) in [6, 6.07) is 7.00. The summed E-state index contributed by atoms with van der Waals surface area (Å²) in [5, 5.41) is 2.32. The van der Waals surface area contributed by atoms with Gasteiger partial charge in [-0.15, -0.1) is 0 Å². The molecule has 1 aliphatic rings. The van der Waals surface area contributed by atoms with E-state index in [4.69, 9.17) is 16.0 Å². The third-order valence-electron chi connectivity index (χ3n) is 4.49. The highest BCUT2D eigenvalue weighted by Gasteiger charge is 2.30. The Kier molecular flexibility index (Phi) is 6.56. The Labute approximate surface area is 172 Å². The van der Waals surface area contributed by atoms with Crippen LogP contribution in [0.5, 0.6) is 0 Å². The van der Waals surface area contributed by atoms with Crippen molar-refractivity contribution in [1.29, 1.82) is 0 Å². The highest BCUT2D eigenvalue weighted by Crippen LogP contribution is 2.18. The predicted molar refractivity (Wildman–Crippen MR) is 104 cm³/mol. The van der Waals surface area contributed by atoms with Gasteiger partial charge >= 0.3 is 0 Å². The van der Waals surface area contributed by atoms with Crippen LogP contribution in [-0.4, -0.2) is 67.9 Å². The van der Waals surface area contributed by atoms with Crippen molar-refractivity contribution in [2.24, 2.45) is 0 Å². The first-order valence-corrected chi connectivity index (χ1v) is 10.8. The molecule has 0 aliphatic carbocycles. The zero-order chi connectivity index (χ0) is 21.0. The van der Waals surface area contributed by atoms with Crippen molar-refractivity contribution < 1.29 is 26.8 Å². The summed E-state index contributed by atoms with van der Waals surface area (Å²) in [7, 11) is -3.65. The van der Waals surface area contributed by atoms with Gasteiger partial charge in [-0.1, -0.05) is 17.7 Å². The quantitative estimate of drug-likeness (QED) is 0.730. The lowest BCUT2D eigenvalue weighted by Gasteiger charge is -2.33. The fraction of sp³-hybridized carbons (Fsp3) is 0.333. The van der Waals surface area contributed by atoms with Gasteiger partial charge in [-0.3, -0.25) is 9.59 Å². The molecular formula is C18H19ClFN3O5S. The first-order chi connectivity index (χ1) is 13.8. The highest BCUT2D eigenvalue weighted by atomic mass is 35.5. The van der Waals surface area contributed by atoms with Crippen molar-refractivity contribution in [3.8, 4) is 0 Å². The first kappa shape index (κ1) is 21.3. The number of nitrogens with one attached hydrogen (secondary N) is 1. The fourth-order valence-electron chi connectivity index (χ4n) is 2.95. The zero-order valence-corrected chi connectivity index (χ0v) is 16.9. The number of sulfonamides is 1. The molecule has 0 spiro atoms. The number of amides is 2. The van der Waals surface area contributed by atoms with Crippen molar-refractivity contribution in [3.05, 3.63) is 58.8 Å². The number of rotatable bonds is 6. The molecule has 2 aromatic rings. The maximum Gasteiger partial charge on any atom is 0.289 e. The largest absolute Gasteiger partial charge is 0.459 e.